The molecule has 1 rings (SSSR count). The van der Waals surface area contributed by atoms with Crippen molar-refractivity contribution in [1.29, 1.82) is 0 Å². The van der Waals surface area contributed by atoms with E-state index in [2.05, 4.69) is 0 Å². The highest BCUT2D eigenvalue weighted by atomic mass is 16.3. The molecule has 0 bridgehead atoms. The van der Waals surface area contributed by atoms with Crippen molar-refractivity contribution < 1.29 is 9.90 Å². The van der Waals surface area contributed by atoms with Crippen LogP contribution in [0.2, 0.25) is 0 Å². The summed E-state index contributed by atoms with van der Waals surface area (Å²) in [6, 6.07) is 0. The van der Waals surface area contributed by atoms with Gasteiger partial charge in [-0.1, -0.05) is 12.8 Å². The van der Waals surface area contributed by atoms with E-state index in [0.717, 1.165) is 32.0 Å². The van der Waals surface area contributed by atoms with Crippen molar-refractivity contribution in [3.05, 3.63) is 0 Å². The van der Waals surface area contributed by atoms with Gasteiger partial charge in [0.05, 0.1) is 5.60 Å². The first-order chi connectivity index (χ1) is 4.67. The molecule has 1 N–H and O–H groups in total. The molecule has 0 radical (unpaired) electrons. The fourth-order valence-corrected chi connectivity index (χ4v) is 1.56. The number of rotatable bonds is 1. The van der Waals surface area contributed by atoms with Crippen LogP contribution in [-0.2, 0) is 4.79 Å². The molecular formula is C8H14O2. The molecule has 58 valence electrons. The van der Waals surface area contributed by atoms with Gasteiger partial charge in [-0.15, -0.1) is 0 Å². The Morgan fingerprint density at radius 1 is 1.60 bits per heavy atom. The second kappa shape index (κ2) is 2.70. The number of hydrogen-bond donors (Lipinski definition) is 1. The van der Waals surface area contributed by atoms with Gasteiger partial charge in [0.2, 0.25) is 0 Å². The van der Waals surface area contributed by atoms with E-state index in [1.807, 2.05) is 0 Å². The van der Waals surface area contributed by atoms with Crippen molar-refractivity contribution in [1.82, 2.24) is 0 Å². The molecule has 2 heteroatoms. The molecule has 0 amide bonds. The summed E-state index contributed by atoms with van der Waals surface area (Å²) in [4.78, 5) is 10.4. The molecule has 0 aromatic rings. The van der Waals surface area contributed by atoms with Crippen LogP contribution in [0.3, 0.4) is 0 Å². The third kappa shape index (κ3) is 1.37. The van der Waals surface area contributed by atoms with E-state index >= 15 is 0 Å². The number of aldehydes is 1. The predicted molar refractivity (Wildman–Crippen MR) is 38.6 cm³/mol. The maximum absolute atomic E-state index is 10.4. The average molecular weight is 142 g/mol. The third-order valence-electron chi connectivity index (χ3n) is 2.41. The van der Waals surface area contributed by atoms with Gasteiger partial charge in [-0.05, 0) is 19.8 Å². The topological polar surface area (TPSA) is 37.3 Å². The van der Waals surface area contributed by atoms with Crippen LogP contribution in [0, 0.1) is 5.92 Å². The quantitative estimate of drug-likeness (QED) is 0.557. The Balaban J connectivity index is 2.59. The number of hydrogen-bond acceptors (Lipinski definition) is 2. The summed E-state index contributed by atoms with van der Waals surface area (Å²) < 4.78 is 0. The number of carbonyl (C=O) groups excluding carboxylic acids is 1. The van der Waals surface area contributed by atoms with E-state index in [9.17, 15) is 9.90 Å². The molecule has 1 aliphatic carbocycles. The summed E-state index contributed by atoms with van der Waals surface area (Å²) in [7, 11) is 0. The van der Waals surface area contributed by atoms with E-state index in [-0.39, 0.29) is 5.92 Å². The maximum Gasteiger partial charge on any atom is 0.125 e. The molecule has 1 aliphatic rings. The molecule has 1 saturated carbocycles. The summed E-state index contributed by atoms with van der Waals surface area (Å²) in [6.07, 6.45) is 4.66. The van der Waals surface area contributed by atoms with E-state index < -0.39 is 5.60 Å². The van der Waals surface area contributed by atoms with Crippen LogP contribution in [0.5, 0.6) is 0 Å². The van der Waals surface area contributed by atoms with Crippen LogP contribution >= 0.6 is 0 Å². The van der Waals surface area contributed by atoms with Crippen molar-refractivity contribution in [2.24, 2.45) is 5.92 Å². The molecular weight excluding hydrogens is 128 g/mol. The Morgan fingerprint density at radius 2 is 2.30 bits per heavy atom. The zero-order chi connectivity index (χ0) is 7.61. The van der Waals surface area contributed by atoms with E-state index in [4.69, 9.17) is 0 Å². The Labute approximate surface area is 61.2 Å². The molecule has 2 unspecified atom stereocenters. The smallest absolute Gasteiger partial charge is 0.125 e. The predicted octanol–water partition coefficient (Wildman–Crippen LogP) is 1.13. The lowest BCUT2D eigenvalue weighted by molar-refractivity contribution is -0.121. The first kappa shape index (κ1) is 7.73. The van der Waals surface area contributed by atoms with Crippen LogP contribution in [0.1, 0.15) is 32.6 Å². The molecule has 0 heterocycles. The van der Waals surface area contributed by atoms with E-state index in [1.165, 1.54) is 0 Å². The fourth-order valence-electron chi connectivity index (χ4n) is 1.56. The second-order valence-electron chi connectivity index (χ2n) is 3.35. The minimum absolute atomic E-state index is 0.124. The third-order valence-corrected chi connectivity index (χ3v) is 2.41. The Bertz CT molecular complexity index is 129. The summed E-state index contributed by atoms with van der Waals surface area (Å²) in [5, 5.41) is 9.60. The molecule has 0 aromatic heterocycles. The number of carbonyl (C=O) groups is 1. The summed E-state index contributed by atoms with van der Waals surface area (Å²) in [6.45, 7) is 1.76. The zero-order valence-electron chi connectivity index (χ0n) is 6.34. The van der Waals surface area contributed by atoms with Crippen molar-refractivity contribution in [2.45, 2.75) is 38.2 Å². The van der Waals surface area contributed by atoms with Crippen LogP contribution in [0.15, 0.2) is 0 Å². The van der Waals surface area contributed by atoms with Gasteiger partial charge in [0, 0.05) is 5.92 Å². The van der Waals surface area contributed by atoms with Crippen LogP contribution < -0.4 is 0 Å². The minimum Gasteiger partial charge on any atom is -0.389 e. The molecule has 0 spiro atoms. The van der Waals surface area contributed by atoms with Crippen molar-refractivity contribution in [3.63, 3.8) is 0 Å². The van der Waals surface area contributed by atoms with Gasteiger partial charge in [0.15, 0.2) is 0 Å². The lowest BCUT2D eigenvalue weighted by Crippen LogP contribution is -2.38. The van der Waals surface area contributed by atoms with Gasteiger partial charge in [0.25, 0.3) is 0 Å². The Morgan fingerprint density at radius 3 is 2.70 bits per heavy atom. The van der Waals surface area contributed by atoms with E-state index in [0.29, 0.717) is 0 Å². The van der Waals surface area contributed by atoms with Gasteiger partial charge >= 0.3 is 0 Å². The molecule has 2 nitrogen and oxygen atoms in total. The summed E-state index contributed by atoms with van der Waals surface area (Å²) in [5.41, 5.74) is -0.722. The maximum atomic E-state index is 10.4. The van der Waals surface area contributed by atoms with E-state index in [1.54, 1.807) is 6.92 Å². The van der Waals surface area contributed by atoms with Gasteiger partial charge in [0.1, 0.15) is 6.29 Å². The molecule has 2 atom stereocenters. The van der Waals surface area contributed by atoms with Crippen molar-refractivity contribution >= 4 is 6.29 Å². The van der Waals surface area contributed by atoms with Gasteiger partial charge < -0.3 is 9.90 Å². The summed E-state index contributed by atoms with van der Waals surface area (Å²) >= 11 is 0. The highest BCUT2D eigenvalue weighted by molar-refractivity contribution is 5.55. The highest BCUT2D eigenvalue weighted by Gasteiger charge is 2.33. The van der Waals surface area contributed by atoms with Gasteiger partial charge in [-0.3, -0.25) is 0 Å². The molecule has 1 fully saturated rings. The Kier molecular flexibility index (Phi) is 2.09. The SMILES string of the molecule is CC1(O)CCCCC1C=O. The normalized spacial score (nSPS) is 41.2. The molecule has 0 aliphatic heterocycles. The molecule has 0 aromatic carbocycles. The van der Waals surface area contributed by atoms with Crippen LogP contribution in [0.25, 0.3) is 0 Å². The summed E-state index contributed by atoms with van der Waals surface area (Å²) in [5.74, 6) is -0.124. The lowest BCUT2D eigenvalue weighted by Gasteiger charge is -2.33. The second-order valence-corrected chi connectivity index (χ2v) is 3.35. The zero-order valence-corrected chi connectivity index (χ0v) is 6.34. The first-order valence-corrected chi connectivity index (χ1v) is 3.84. The molecule has 10 heavy (non-hydrogen) atoms. The van der Waals surface area contributed by atoms with Gasteiger partial charge in [-0.2, -0.15) is 0 Å². The minimum atomic E-state index is -0.722. The highest BCUT2D eigenvalue weighted by Crippen LogP contribution is 2.31. The molecule has 0 saturated heterocycles. The van der Waals surface area contributed by atoms with Crippen molar-refractivity contribution in [2.75, 3.05) is 0 Å². The standard InChI is InChI=1S/C8H14O2/c1-8(10)5-3-2-4-7(8)6-9/h6-7,10H,2-5H2,1H3. The largest absolute Gasteiger partial charge is 0.389 e. The monoisotopic (exact) mass is 142 g/mol. The van der Waals surface area contributed by atoms with Gasteiger partial charge in [-0.25, -0.2) is 0 Å². The van der Waals surface area contributed by atoms with Crippen molar-refractivity contribution in [3.8, 4) is 0 Å². The number of aliphatic hydroxyl groups is 1. The van der Waals surface area contributed by atoms with Crippen LogP contribution in [-0.4, -0.2) is 17.0 Å². The average Bonchev–Trinajstić information content (AvgIpc) is 1.87. The van der Waals surface area contributed by atoms with Crippen LogP contribution in [0.4, 0.5) is 0 Å². The Hall–Kier alpha value is -0.370. The first-order valence-electron chi connectivity index (χ1n) is 3.84. The fraction of sp³-hybridized carbons (Fsp3) is 0.875. The lowest BCUT2D eigenvalue weighted by atomic mass is 9.77.